The Balaban J connectivity index is 1.19. The van der Waals surface area contributed by atoms with Crippen LogP contribution in [0.4, 0.5) is 11.6 Å². The van der Waals surface area contributed by atoms with Crippen LogP contribution in [0, 0.1) is 5.41 Å². The molecule has 2 N–H and O–H groups in total. The minimum absolute atomic E-state index is 0.0178. The Morgan fingerprint density at radius 2 is 1.79 bits per heavy atom. The third-order valence-electron chi connectivity index (χ3n) is 7.42. The molecule has 0 radical (unpaired) electrons. The van der Waals surface area contributed by atoms with Gasteiger partial charge in [0.15, 0.2) is 0 Å². The minimum Gasteiger partial charge on any atom is -0.339 e. The van der Waals surface area contributed by atoms with Gasteiger partial charge in [0.2, 0.25) is 11.9 Å². The second-order valence-electron chi connectivity index (χ2n) is 9.88. The second-order valence-corrected chi connectivity index (χ2v) is 11.0. The van der Waals surface area contributed by atoms with Gasteiger partial charge in [-0.2, -0.15) is 0 Å². The number of imidazole rings is 1. The summed E-state index contributed by atoms with van der Waals surface area (Å²) in [5.74, 6) is -0.141. The average molecular weight is 527 g/mol. The number of nitrogens with one attached hydrogen (secondary N) is 2. The monoisotopic (exact) mass is 526 g/mol. The molecule has 0 bridgehead atoms. The van der Waals surface area contributed by atoms with Gasteiger partial charge in [0.05, 0.1) is 32.7 Å². The lowest BCUT2D eigenvalue weighted by molar-refractivity contribution is -0.125. The number of anilines is 2. The molecule has 1 saturated carbocycles. The van der Waals surface area contributed by atoms with Crippen LogP contribution < -0.4 is 10.6 Å². The predicted octanol–water partition coefficient (Wildman–Crippen LogP) is 4.74. The standard InChI is InChI=1S/C28H26N6O3S/c1-2-24(35)33-13-11-28(17-33)14-19(15-28)34-21-8-4-3-7-20(21)31-27(34)32-26(37)23-10-9-22(38-23)25(36)30-18-6-5-12-29-16-18/h2-10,12,16,19H,1,11,13-15,17H2,(H,30,36)(H,31,32,37). The molecule has 38 heavy (non-hydrogen) atoms. The molecule has 6 rings (SSSR count). The summed E-state index contributed by atoms with van der Waals surface area (Å²) < 4.78 is 2.11. The predicted molar refractivity (Wildman–Crippen MR) is 146 cm³/mol. The van der Waals surface area contributed by atoms with Crippen molar-refractivity contribution in [2.75, 3.05) is 23.7 Å². The first-order valence-corrected chi connectivity index (χ1v) is 13.3. The van der Waals surface area contributed by atoms with Crippen LogP contribution in [0.25, 0.3) is 11.0 Å². The number of aromatic nitrogens is 3. The summed E-state index contributed by atoms with van der Waals surface area (Å²) in [6, 6.07) is 14.8. The summed E-state index contributed by atoms with van der Waals surface area (Å²) in [4.78, 5) is 49.4. The zero-order valence-corrected chi connectivity index (χ0v) is 21.4. The first kappa shape index (κ1) is 24.1. The summed E-state index contributed by atoms with van der Waals surface area (Å²) in [5.41, 5.74) is 2.45. The van der Waals surface area contributed by atoms with Crippen molar-refractivity contribution in [1.82, 2.24) is 19.4 Å². The molecule has 4 aromatic rings. The van der Waals surface area contributed by atoms with Gasteiger partial charge in [-0.3, -0.25) is 24.7 Å². The molecule has 2 fully saturated rings. The molecule has 2 aliphatic rings. The number of likely N-dealkylation sites (tertiary alicyclic amines) is 1. The van der Waals surface area contributed by atoms with Gasteiger partial charge in [-0.05, 0) is 67.2 Å². The zero-order valence-electron chi connectivity index (χ0n) is 20.6. The van der Waals surface area contributed by atoms with Crippen molar-refractivity contribution in [3.8, 4) is 0 Å². The topological polar surface area (TPSA) is 109 Å². The molecule has 4 heterocycles. The number of thiophene rings is 1. The average Bonchev–Trinajstić information content (AvgIpc) is 3.65. The quantitative estimate of drug-likeness (QED) is 0.353. The van der Waals surface area contributed by atoms with Gasteiger partial charge in [0.25, 0.3) is 11.8 Å². The molecule has 3 amide bonds. The number of benzene rings is 1. The number of carbonyl (C=O) groups is 3. The Labute approximate surface area is 223 Å². The summed E-state index contributed by atoms with van der Waals surface area (Å²) in [6.45, 7) is 5.10. The first-order chi connectivity index (χ1) is 18.4. The van der Waals surface area contributed by atoms with E-state index in [1.807, 2.05) is 29.2 Å². The largest absolute Gasteiger partial charge is 0.339 e. The third-order valence-corrected chi connectivity index (χ3v) is 8.50. The number of para-hydroxylation sites is 2. The Morgan fingerprint density at radius 3 is 2.53 bits per heavy atom. The van der Waals surface area contributed by atoms with Crippen LogP contribution in [-0.2, 0) is 4.79 Å². The van der Waals surface area contributed by atoms with Gasteiger partial charge in [0.1, 0.15) is 0 Å². The molecule has 1 aliphatic carbocycles. The normalized spacial score (nSPS) is 20.3. The van der Waals surface area contributed by atoms with E-state index >= 15 is 0 Å². The minimum atomic E-state index is -0.315. The van der Waals surface area contributed by atoms with E-state index in [-0.39, 0.29) is 29.2 Å². The van der Waals surface area contributed by atoms with Crippen molar-refractivity contribution in [2.45, 2.75) is 25.3 Å². The van der Waals surface area contributed by atoms with E-state index in [1.54, 1.807) is 36.7 Å². The summed E-state index contributed by atoms with van der Waals surface area (Å²) >= 11 is 1.12. The molecule has 10 heteroatoms. The van der Waals surface area contributed by atoms with Gasteiger partial charge < -0.3 is 14.8 Å². The van der Waals surface area contributed by atoms with Crippen LogP contribution >= 0.6 is 11.3 Å². The van der Waals surface area contributed by atoms with Crippen LogP contribution in [0.5, 0.6) is 0 Å². The van der Waals surface area contributed by atoms with Gasteiger partial charge in [0, 0.05) is 25.3 Å². The molecule has 192 valence electrons. The van der Waals surface area contributed by atoms with E-state index in [1.165, 1.54) is 6.08 Å². The highest BCUT2D eigenvalue weighted by Gasteiger charge is 2.50. The summed E-state index contributed by atoms with van der Waals surface area (Å²) in [7, 11) is 0. The summed E-state index contributed by atoms with van der Waals surface area (Å²) in [6.07, 6.45) is 7.37. The molecule has 1 aliphatic heterocycles. The molecule has 0 unspecified atom stereocenters. The van der Waals surface area contributed by atoms with Crippen LogP contribution in [0.1, 0.15) is 44.6 Å². The maximum absolute atomic E-state index is 13.2. The fraction of sp³-hybridized carbons (Fsp3) is 0.250. The van der Waals surface area contributed by atoms with E-state index in [9.17, 15) is 14.4 Å². The van der Waals surface area contributed by atoms with Crippen LogP contribution in [0.2, 0.25) is 0 Å². The van der Waals surface area contributed by atoms with Gasteiger partial charge in [-0.1, -0.05) is 18.7 Å². The van der Waals surface area contributed by atoms with Crippen molar-refractivity contribution >= 4 is 51.7 Å². The van der Waals surface area contributed by atoms with Crippen LogP contribution in [0.15, 0.2) is 73.6 Å². The number of amides is 3. The Kier molecular flexibility index (Phi) is 6.03. The Bertz CT molecular complexity index is 1550. The summed E-state index contributed by atoms with van der Waals surface area (Å²) in [5, 5.41) is 5.77. The number of nitrogens with zero attached hydrogens (tertiary/aromatic N) is 4. The van der Waals surface area contributed by atoms with Crippen molar-refractivity contribution in [1.29, 1.82) is 0 Å². The number of rotatable bonds is 6. The number of hydrogen-bond donors (Lipinski definition) is 2. The maximum atomic E-state index is 13.2. The smallest absolute Gasteiger partial charge is 0.268 e. The third kappa shape index (κ3) is 4.37. The van der Waals surface area contributed by atoms with Crippen LogP contribution in [0.3, 0.4) is 0 Å². The van der Waals surface area contributed by atoms with Gasteiger partial charge in [-0.25, -0.2) is 4.98 Å². The van der Waals surface area contributed by atoms with E-state index in [2.05, 4.69) is 26.8 Å². The molecular formula is C28H26N6O3S. The van der Waals surface area contributed by atoms with Crippen molar-refractivity contribution in [3.05, 3.63) is 83.3 Å². The fourth-order valence-electron chi connectivity index (χ4n) is 5.58. The van der Waals surface area contributed by atoms with E-state index < -0.39 is 0 Å². The highest BCUT2D eigenvalue weighted by atomic mass is 32.1. The molecule has 1 saturated heterocycles. The lowest BCUT2D eigenvalue weighted by Crippen LogP contribution is -2.42. The molecule has 0 atom stereocenters. The fourth-order valence-corrected chi connectivity index (χ4v) is 6.38. The lowest BCUT2D eigenvalue weighted by atomic mass is 9.65. The van der Waals surface area contributed by atoms with Gasteiger partial charge in [-0.15, -0.1) is 11.3 Å². The molecule has 9 nitrogen and oxygen atoms in total. The van der Waals surface area contributed by atoms with Gasteiger partial charge >= 0.3 is 0 Å². The second kappa shape index (κ2) is 9.53. The van der Waals surface area contributed by atoms with E-state index in [0.717, 1.165) is 54.7 Å². The number of hydrogen-bond acceptors (Lipinski definition) is 6. The Hall–Kier alpha value is -4.31. The zero-order chi connectivity index (χ0) is 26.3. The SMILES string of the molecule is C=CC(=O)N1CCC2(CC(n3c(NC(=O)c4ccc(C(=O)Nc5cccnc5)s4)nc4ccccc43)C2)C1. The maximum Gasteiger partial charge on any atom is 0.268 e. The first-order valence-electron chi connectivity index (χ1n) is 12.5. The van der Waals surface area contributed by atoms with Crippen molar-refractivity contribution < 1.29 is 14.4 Å². The van der Waals surface area contributed by atoms with E-state index in [0.29, 0.717) is 21.4 Å². The number of fused-ring (bicyclic) bond motifs is 1. The van der Waals surface area contributed by atoms with Crippen LogP contribution in [-0.4, -0.2) is 50.2 Å². The van der Waals surface area contributed by atoms with E-state index in [4.69, 9.17) is 4.98 Å². The Morgan fingerprint density at radius 1 is 1.03 bits per heavy atom. The number of pyridine rings is 1. The van der Waals surface area contributed by atoms with Crippen molar-refractivity contribution in [2.24, 2.45) is 5.41 Å². The molecule has 1 spiro atoms. The molecule has 1 aromatic carbocycles. The molecule has 3 aromatic heterocycles. The lowest BCUT2D eigenvalue weighted by Gasteiger charge is -2.46. The highest BCUT2D eigenvalue weighted by molar-refractivity contribution is 7.16. The highest BCUT2D eigenvalue weighted by Crippen LogP contribution is 2.55. The number of carbonyl (C=O) groups excluding carboxylic acids is 3. The molecular weight excluding hydrogens is 500 g/mol. The van der Waals surface area contributed by atoms with Crippen molar-refractivity contribution in [3.63, 3.8) is 0 Å².